The number of piperazine rings is 1. The molecule has 2 saturated heterocycles. The standard InChI is InChI=1S/C24H25FN4O4/c25-20-13-18-21(14-22(20)28-6-4-26-5-7-28)29(15-19(23(18)30)24(31)32)17-3-1-2-16(12-17)27-8-10-33-11-9-27/h1-3,12-15,26H,4-11H2,(H,31,32). The summed E-state index contributed by atoms with van der Waals surface area (Å²) in [5, 5.41) is 12.9. The van der Waals surface area contributed by atoms with Gasteiger partial charge in [-0.3, -0.25) is 4.79 Å². The van der Waals surface area contributed by atoms with E-state index >= 15 is 4.39 Å². The summed E-state index contributed by atoms with van der Waals surface area (Å²) in [5.41, 5.74) is 1.47. The Morgan fingerprint density at radius 1 is 1.00 bits per heavy atom. The van der Waals surface area contributed by atoms with Crippen molar-refractivity contribution in [1.29, 1.82) is 0 Å². The van der Waals surface area contributed by atoms with E-state index in [1.807, 2.05) is 29.2 Å². The van der Waals surface area contributed by atoms with Crippen LogP contribution in [0.1, 0.15) is 10.4 Å². The van der Waals surface area contributed by atoms with Crippen LogP contribution in [-0.4, -0.2) is 68.1 Å². The van der Waals surface area contributed by atoms with Crippen LogP contribution in [0.5, 0.6) is 0 Å². The van der Waals surface area contributed by atoms with Crippen LogP contribution in [-0.2, 0) is 4.74 Å². The number of rotatable bonds is 4. The van der Waals surface area contributed by atoms with E-state index < -0.39 is 22.8 Å². The maximum absolute atomic E-state index is 15.1. The van der Waals surface area contributed by atoms with Crippen LogP contribution in [0.15, 0.2) is 47.4 Å². The van der Waals surface area contributed by atoms with Crippen molar-refractivity contribution in [1.82, 2.24) is 9.88 Å². The van der Waals surface area contributed by atoms with Crippen LogP contribution in [0.3, 0.4) is 0 Å². The number of halogens is 1. The number of morpholine rings is 1. The molecule has 3 heterocycles. The van der Waals surface area contributed by atoms with E-state index in [-0.39, 0.29) is 5.39 Å². The first-order valence-electron chi connectivity index (χ1n) is 11.0. The van der Waals surface area contributed by atoms with Gasteiger partial charge in [0.2, 0.25) is 5.43 Å². The van der Waals surface area contributed by atoms with Crippen LogP contribution in [0.4, 0.5) is 15.8 Å². The van der Waals surface area contributed by atoms with Crippen LogP contribution in [0.25, 0.3) is 16.6 Å². The molecular formula is C24H25FN4O4. The maximum Gasteiger partial charge on any atom is 0.341 e. The molecule has 8 nitrogen and oxygen atoms in total. The molecule has 0 saturated carbocycles. The Bertz CT molecular complexity index is 1260. The van der Waals surface area contributed by atoms with E-state index in [1.54, 1.807) is 10.6 Å². The summed E-state index contributed by atoms with van der Waals surface area (Å²) in [7, 11) is 0. The third kappa shape index (κ3) is 4.05. The SMILES string of the molecule is O=C(O)c1cn(-c2cccc(N3CCOCC3)c2)c2cc(N3CCNCC3)c(F)cc2c1=O. The molecular weight excluding hydrogens is 427 g/mol. The maximum atomic E-state index is 15.1. The molecule has 0 bridgehead atoms. The smallest absolute Gasteiger partial charge is 0.341 e. The summed E-state index contributed by atoms with van der Waals surface area (Å²) >= 11 is 0. The Balaban J connectivity index is 1.70. The summed E-state index contributed by atoms with van der Waals surface area (Å²) in [5.74, 6) is -1.87. The highest BCUT2D eigenvalue weighted by Crippen LogP contribution is 2.28. The number of pyridine rings is 1. The number of nitrogens with one attached hydrogen (secondary N) is 1. The van der Waals surface area contributed by atoms with Crippen LogP contribution >= 0.6 is 0 Å². The highest BCUT2D eigenvalue weighted by Gasteiger charge is 2.21. The number of aromatic carboxylic acids is 1. The first-order chi connectivity index (χ1) is 16.0. The molecule has 33 heavy (non-hydrogen) atoms. The van der Waals surface area contributed by atoms with Crippen molar-refractivity contribution in [3.05, 3.63) is 64.2 Å². The van der Waals surface area contributed by atoms with Crippen molar-refractivity contribution in [3.63, 3.8) is 0 Å². The van der Waals surface area contributed by atoms with Gasteiger partial charge >= 0.3 is 5.97 Å². The van der Waals surface area contributed by atoms with Crippen molar-refractivity contribution >= 4 is 28.2 Å². The summed E-state index contributed by atoms with van der Waals surface area (Å²) < 4.78 is 22.2. The number of ether oxygens (including phenoxy) is 1. The number of carbonyl (C=O) groups is 1. The monoisotopic (exact) mass is 452 g/mol. The van der Waals surface area contributed by atoms with Gasteiger partial charge in [0.25, 0.3) is 0 Å². The number of carboxylic acids is 1. The van der Waals surface area contributed by atoms with Gasteiger partial charge in [0, 0.05) is 62.2 Å². The summed E-state index contributed by atoms with van der Waals surface area (Å²) in [6.45, 7) is 5.57. The second kappa shape index (κ2) is 8.84. The van der Waals surface area contributed by atoms with E-state index in [0.717, 1.165) is 31.9 Å². The predicted molar refractivity (Wildman–Crippen MR) is 125 cm³/mol. The number of fused-ring (bicyclic) bond motifs is 1. The molecule has 1 aromatic heterocycles. The average molecular weight is 452 g/mol. The third-order valence-electron chi connectivity index (χ3n) is 6.24. The predicted octanol–water partition coefficient (Wildman–Crippen LogP) is 2.07. The third-order valence-corrected chi connectivity index (χ3v) is 6.24. The van der Waals surface area contributed by atoms with Crippen LogP contribution in [0.2, 0.25) is 0 Å². The minimum absolute atomic E-state index is 0.0445. The molecule has 2 aliphatic rings. The number of nitrogens with zero attached hydrogens (tertiary/aromatic N) is 3. The van der Waals surface area contributed by atoms with Crippen molar-refractivity contribution in [3.8, 4) is 5.69 Å². The Morgan fingerprint density at radius 2 is 1.73 bits per heavy atom. The highest BCUT2D eigenvalue weighted by molar-refractivity contribution is 5.94. The zero-order chi connectivity index (χ0) is 22.9. The molecule has 9 heteroatoms. The van der Waals surface area contributed by atoms with Gasteiger partial charge in [-0.1, -0.05) is 6.07 Å². The van der Waals surface area contributed by atoms with Crippen LogP contribution in [0, 0.1) is 5.82 Å². The Hall–Kier alpha value is -3.43. The number of carboxylic acid groups (broad SMARTS) is 1. The second-order valence-electron chi connectivity index (χ2n) is 8.22. The van der Waals surface area contributed by atoms with Gasteiger partial charge in [-0.05, 0) is 30.3 Å². The first kappa shape index (κ1) is 21.4. The van der Waals surface area contributed by atoms with Crippen molar-refractivity contribution in [2.24, 2.45) is 0 Å². The number of benzene rings is 2. The fourth-order valence-corrected chi connectivity index (χ4v) is 4.51. The Morgan fingerprint density at radius 3 is 2.45 bits per heavy atom. The first-order valence-corrected chi connectivity index (χ1v) is 11.0. The molecule has 3 aromatic rings. The fraction of sp³-hybridized carbons (Fsp3) is 0.333. The lowest BCUT2D eigenvalue weighted by molar-refractivity contribution is 0.0695. The molecule has 0 atom stereocenters. The van der Waals surface area contributed by atoms with E-state index in [1.165, 1.54) is 12.3 Å². The lowest BCUT2D eigenvalue weighted by Gasteiger charge is -2.30. The lowest BCUT2D eigenvalue weighted by atomic mass is 10.1. The number of anilines is 2. The highest BCUT2D eigenvalue weighted by atomic mass is 19.1. The Labute approximate surface area is 189 Å². The molecule has 0 amide bonds. The van der Waals surface area contributed by atoms with Gasteiger partial charge in [-0.2, -0.15) is 0 Å². The van der Waals surface area contributed by atoms with Crippen molar-refractivity contribution in [2.75, 3.05) is 62.3 Å². The van der Waals surface area contributed by atoms with Crippen LogP contribution < -0.4 is 20.5 Å². The molecule has 5 rings (SSSR count). The molecule has 0 radical (unpaired) electrons. The fourth-order valence-electron chi connectivity index (χ4n) is 4.51. The second-order valence-corrected chi connectivity index (χ2v) is 8.22. The van der Waals surface area contributed by atoms with E-state index in [0.29, 0.717) is 43.2 Å². The quantitative estimate of drug-likeness (QED) is 0.627. The largest absolute Gasteiger partial charge is 0.477 e. The molecule has 2 N–H and O–H groups in total. The number of aromatic nitrogens is 1. The molecule has 0 spiro atoms. The molecule has 2 aromatic carbocycles. The van der Waals surface area contributed by atoms with Gasteiger partial charge in [-0.25, -0.2) is 9.18 Å². The minimum Gasteiger partial charge on any atom is -0.477 e. The lowest BCUT2D eigenvalue weighted by Crippen LogP contribution is -2.43. The molecule has 0 aliphatic carbocycles. The number of hydrogen-bond acceptors (Lipinski definition) is 6. The molecule has 2 fully saturated rings. The van der Waals surface area contributed by atoms with Gasteiger partial charge < -0.3 is 29.5 Å². The summed E-state index contributed by atoms with van der Waals surface area (Å²) in [4.78, 5) is 28.9. The van der Waals surface area contributed by atoms with E-state index in [9.17, 15) is 14.7 Å². The Kier molecular flexibility index (Phi) is 5.74. The van der Waals surface area contributed by atoms with Gasteiger partial charge in [0.15, 0.2) is 0 Å². The zero-order valence-electron chi connectivity index (χ0n) is 18.1. The van der Waals surface area contributed by atoms with E-state index in [2.05, 4.69) is 10.2 Å². The molecule has 2 aliphatic heterocycles. The van der Waals surface area contributed by atoms with Gasteiger partial charge in [0.1, 0.15) is 11.4 Å². The summed E-state index contributed by atoms with van der Waals surface area (Å²) in [6.07, 6.45) is 1.34. The zero-order valence-corrected chi connectivity index (χ0v) is 18.1. The van der Waals surface area contributed by atoms with Gasteiger partial charge in [-0.15, -0.1) is 0 Å². The van der Waals surface area contributed by atoms with Crippen molar-refractivity contribution < 1.29 is 19.0 Å². The summed E-state index contributed by atoms with van der Waals surface area (Å²) in [6, 6.07) is 10.5. The minimum atomic E-state index is -1.34. The normalized spacial score (nSPS) is 16.9. The van der Waals surface area contributed by atoms with Gasteiger partial charge in [0.05, 0.1) is 24.4 Å². The average Bonchev–Trinajstić information content (AvgIpc) is 2.85. The molecule has 0 unspecified atom stereocenters. The topological polar surface area (TPSA) is 87.0 Å². The molecule has 172 valence electrons. The van der Waals surface area contributed by atoms with Crippen molar-refractivity contribution in [2.45, 2.75) is 0 Å². The number of hydrogen-bond donors (Lipinski definition) is 2. The van der Waals surface area contributed by atoms with E-state index in [4.69, 9.17) is 4.74 Å².